The topological polar surface area (TPSA) is 89.9 Å². The lowest BCUT2D eigenvalue weighted by atomic mass is 10.1. The third kappa shape index (κ3) is 6.47. The Hall–Kier alpha value is -3.15. The minimum absolute atomic E-state index is 0.239. The molecule has 0 bridgehead atoms. The van der Waals surface area contributed by atoms with Crippen LogP contribution in [0, 0.1) is 0 Å². The van der Waals surface area contributed by atoms with Crippen LogP contribution in [-0.2, 0) is 9.47 Å². The lowest BCUT2D eigenvalue weighted by Gasteiger charge is -2.07. The standard InChI is InChI=1S/C12H14O4.C7H6O2/c1-3-15-11(13)9-7-5-6-8-10(9)12(14)16-4-2;8-7(9)6-4-2-1-3-5-6/h5-8H,3-4H2,1-2H3;1-5H,(H,8,9). The first-order chi connectivity index (χ1) is 12.0. The summed E-state index contributed by atoms with van der Waals surface area (Å²) in [5, 5.41) is 8.38. The predicted octanol–water partition coefficient (Wildman–Crippen LogP) is 3.42. The lowest BCUT2D eigenvalue weighted by Crippen LogP contribution is -2.13. The largest absolute Gasteiger partial charge is 0.478 e. The molecule has 0 saturated carbocycles. The number of aromatic carboxylic acids is 1. The molecule has 0 radical (unpaired) electrons. The Morgan fingerprint density at radius 2 is 1.16 bits per heavy atom. The maximum atomic E-state index is 11.5. The van der Waals surface area contributed by atoms with Crippen molar-refractivity contribution in [3.63, 3.8) is 0 Å². The fourth-order valence-electron chi connectivity index (χ4n) is 1.84. The highest BCUT2D eigenvalue weighted by Gasteiger charge is 2.17. The monoisotopic (exact) mass is 344 g/mol. The van der Waals surface area contributed by atoms with Crippen LogP contribution in [0.4, 0.5) is 0 Å². The summed E-state index contributed by atoms with van der Waals surface area (Å²) in [6, 6.07) is 14.7. The summed E-state index contributed by atoms with van der Waals surface area (Å²) in [4.78, 5) is 33.3. The van der Waals surface area contributed by atoms with Gasteiger partial charge in [0.05, 0.1) is 29.9 Å². The van der Waals surface area contributed by atoms with Crippen molar-refractivity contribution in [3.05, 3.63) is 71.3 Å². The van der Waals surface area contributed by atoms with E-state index in [9.17, 15) is 14.4 Å². The van der Waals surface area contributed by atoms with Crippen LogP contribution in [0.5, 0.6) is 0 Å². The molecule has 2 rings (SSSR count). The second-order valence-electron chi connectivity index (χ2n) is 4.66. The number of carbonyl (C=O) groups is 3. The van der Waals surface area contributed by atoms with E-state index in [0.717, 1.165) is 0 Å². The number of hydrogen-bond donors (Lipinski definition) is 1. The van der Waals surface area contributed by atoms with Crippen LogP contribution in [-0.4, -0.2) is 36.2 Å². The number of carboxylic acid groups (broad SMARTS) is 1. The van der Waals surface area contributed by atoms with Crippen molar-refractivity contribution in [1.29, 1.82) is 0 Å². The number of esters is 2. The maximum Gasteiger partial charge on any atom is 0.338 e. The zero-order chi connectivity index (χ0) is 18.7. The van der Waals surface area contributed by atoms with Gasteiger partial charge in [-0.3, -0.25) is 0 Å². The SMILES string of the molecule is CCOC(=O)c1ccccc1C(=O)OCC.O=C(O)c1ccccc1. The zero-order valence-corrected chi connectivity index (χ0v) is 14.1. The Labute approximate surface area is 146 Å². The van der Waals surface area contributed by atoms with Crippen molar-refractivity contribution in [2.45, 2.75) is 13.8 Å². The van der Waals surface area contributed by atoms with E-state index >= 15 is 0 Å². The predicted molar refractivity (Wildman–Crippen MR) is 91.8 cm³/mol. The van der Waals surface area contributed by atoms with Crippen LogP contribution in [0.2, 0.25) is 0 Å². The molecule has 0 spiro atoms. The van der Waals surface area contributed by atoms with Crippen LogP contribution < -0.4 is 0 Å². The molecular weight excluding hydrogens is 324 g/mol. The number of ether oxygens (including phenoxy) is 2. The molecule has 25 heavy (non-hydrogen) atoms. The summed E-state index contributed by atoms with van der Waals surface area (Å²) >= 11 is 0. The van der Waals surface area contributed by atoms with E-state index in [2.05, 4.69) is 0 Å². The third-order valence-electron chi connectivity index (χ3n) is 2.94. The molecule has 0 aliphatic rings. The van der Waals surface area contributed by atoms with E-state index in [0.29, 0.717) is 5.56 Å². The molecular formula is C19H20O6. The number of hydrogen-bond acceptors (Lipinski definition) is 5. The minimum Gasteiger partial charge on any atom is -0.478 e. The molecule has 0 aliphatic carbocycles. The highest BCUT2D eigenvalue weighted by atomic mass is 16.5. The Balaban J connectivity index is 0.000000293. The number of benzene rings is 2. The van der Waals surface area contributed by atoms with Gasteiger partial charge in [0.25, 0.3) is 0 Å². The lowest BCUT2D eigenvalue weighted by molar-refractivity contribution is 0.0479. The number of carboxylic acids is 1. The zero-order valence-electron chi connectivity index (χ0n) is 14.1. The van der Waals surface area contributed by atoms with Gasteiger partial charge < -0.3 is 14.6 Å². The minimum atomic E-state index is -0.879. The molecule has 0 unspecified atom stereocenters. The highest BCUT2D eigenvalue weighted by Crippen LogP contribution is 2.11. The summed E-state index contributed by atoms with van der Waals surface area (Å²) < 4.78 is 9.70. The fraction of sp³-hybridized carbons (Fsp3) is 0.211. The summed E-state index contributed by atoms with van der Waals surface area (Å²) in [5.41, 5.74) is 0.808. The van der Waals surface area contributed by atoms with Crippen molar-refractivity contribution < 1.29 is 29.0 Å². The molecule has 1 N–H and O–H groups in total. The quantitative estimate of drug-likeness (QED) is 0.836. The first-order valence-electron chi connectivity index (χ1n) is 7.72. The van der Waals surface area contributed by atoms with Gasteiger partial charge >= 0.3 is 17.9 Å². The molecule has 0 fully saturated rings. The molecule has 2 aromatic carbocycles. The fourth-order valence-corrected chi connectivity index (χ4v) is 1.84. The van der Waals surface area contributed by atoms with Gasteiger partial charge in [-0.1, -0.05) is 30.3 Å². The Kier molecular flexibility index (Phi) is 8.43. The van der Waals surface area contributed by atoms with E-state index in [1.54, 1.807) is 68.4 Å². The molecule has 132 valence electrons. The summed E-state index contributed by atoms with van der Waals surface area (Å²) in [7, 11) is 0. The summed E-state index contributed by atoms with van der Waals surface area (Å²) in [5.74, 6) is -1.90. The van der Waals surface area contributed by atoms with Gasteiger partial charge in [-0.2, -0.15) is 0 Å². The summed E-state index contributed by atoms with van der Waals surface area (Å²) in [6.45, 7) is 3.97. The van der Waals surface area contributed by atoms with E-state index in [1.807, 2.05) is 0 Å². The molecule has 2 aromatic rings. The van der Waals surface area contributed by atoms with E-state index in [4.69, 9.17) is 14.6 Å². The van der Waals surface area contributed by atoms with Gasteiger partial charge in [-0.15, -0.1) is 0 Å². The van der Waals surface area contributed by atoms with Crippen molar-refractivity contribution in [2.75, 3.05) is 13.2 Å². The molecule has 0 amide bonds. The van der Waals surface area contributed by atoms with E-state index in [-0.39, 0.29) is 24.3 Å². The van der Waals surface area contributed by atoms with Gasteiger partial charge in [0.1, 0.15) is 0 Å². The van der Waals surface area contributed by atoms with Crippen LogP contribution in [0.15, 0.2) is 54.6 Å². The molecule has 0 atom stereocenters. The van der Waals surface area contributed by atoms with Gasteiger partial charge in [-0.05, 0) is 38.1 Å². The smallest absolute Gasteiger partial charge is 0.338 e. The maximum absolute atomic E-state index is 11.5. The Morgan fingerprint density at radius 1 is 0.760 bits per heavy atom. The van der Waals surface area contributed by atoms with Gasteiger partial charge in [0.2, 0.25) is 0 Å². The molecule has 6 heteroatoms. The average Bonchev–Trinajstić information content (AvgIpc) is 2.63. The van der Waals surface area contributed by atoms with E-state index in [1.165, 1.54) is 0 Å². The molecule has 0 aromatic heterocycles. The average molecular weight is 344 g/mol. The Bertz CT molecular complexity index is 672. The highest BCUT2D eigenvalue weighted by molar-refractivity contribution is 6.03. The van der Waals surface area contributed by atoms with Crippen LogP contribution in [0.1, 0.15) is 44.9 Å². The normalized spacial score (nSPS) is 9.36. The van der Waals surface area contributed by atoms with Crippen LogP contribution >= 0.6 is 0 Å². The number of rotatable bonds is 5. The Morgan fingerprint density at radius 3 is 1.48 bits per heavy atom. The molecule has 0 heterocycles. The second-order valence-corrected chi connectivity index (χ2v) is 4.66. The summed E-state index contributed by atoms with van der Waals surface area (Å²) in [6.07, 6.45) is 0. The first kappa shape index (κ1) is 19.9. The van der Waals surface area contributed by atoms with Crippen molar-refractivity contribution in [2.24, 2.45) is 0 Å². The van der Waals surface area contributed by atoms with Gasteiger partial charge in [-0.25, -0.2) is 14.4 Å². The molecule has 6 nitrogen and oxygen atoms in total. The molecule has 0 saturated heterocycles. The first-order valence-corrected chi connectivity index (χ1v) is 7.72. The molecule has 0 aliphatic heterocycles. The third-order valence-corrected chi connectivity index (χ3v) is 2.94. The van der Waals surface area contributed by atoms with Crippen molar-refractivity contribution in [1.82, 2.24) is 0 Å². The van der Waals surface area contributed by atoms with Crippen LogP contribution in [0.25, 0.3) is 0 Å². The van der Waals surface area contributed by atoms with E-state index < -0.39 is 17.9 Å². The number of carbonyl (C=O) groups excluding carboxylic acids is 2. The van der Waals surface area contributed by atoms with Crippen molar-refractivity contribution in [3.8, 4) is 0 Å². The second kappa shape index (κ2) is 10.6. The van der Waals surface area contributed by atoms with Crippen molar-refractivity contribution >= 4 is 17.9 Å². The van der Waals surface area contributed by atoms with Gasteiger partial charge in [0, 0.05) is 0 Å². The van der Waals surface area contributed by atoms with Gasteiger partial charge in [0.15, 0.2) is 0 Å². The van der Waals surface area contributed by atoms with Crippen LogP contribution in [0.3, 0.4) is 0 Å².